The maximum atomic E-state index is 11.5. The molecule has 3 aromatic rings. The normalized spacial score (nSPS) is 11.9. The minimum absolute atomic E-state index is 0.0963. The summed E-state index contributed by atoms with van der Waals surface area (Å²) < 4.78 is 36.6. The van der Waals surface area contributed by atoms with Gasteiger partial charge in [-0.3, -0.25) is 9.82 Å². The number of aromatic amines is 1. The van der Waals surface area contributed by atoms with Gasteiger partial charge in [-0.15, -0.1) is 11.6 Å². The molecule has 1 heterocycles. The van der Waals surface area contributed by atoms with E-state index in [1.54, 1.807) is 0 Å². The SMILES string of the molecule is CC(C)(c1ccc(OCc2n[nH]cc2NS(C)(=O)=O)cc1)c1cc(Cl)c(OCCCl)c(Cl)c1. The number of rotatable bonds is 10. The van der Waals surface area contributed by atoms with Crippen molar-refractivity contribution in [3.63, 3.8) is 0 Å². The fourth-order valence-corrected chi connectivity index (χ4v) is 4.45. The van der Waals surface area contributed by atoms with E-state index < -0.39 is 15.4 Å². The van der Waals surface area contributed by atoms with Crippen LogP contribution in [0.15, 0.2) is 42.6 Å². The molecule has 7 nitrogen and oxygen atoms in total. The number of anilines is 1. The lowest BCUT2D eigenvalue weighted by Gasteiger charge is -2.27. The Morgan fingerprint density at radius 1 is 1.06 bits per heavy atom. The Morgan fingerprint density at radius 3 is 2.27 bits per heavy atom. The van der Waals surface area contributed by atoms with Gasteiger partial charge in [0.05, 0.1) is 27.9 Å². The average molecular weight is 533 g/mol. The Hall–Kier alpha value is -2.13. The second-order valence-corrected chi connectivity index (χ2v) is 10.8. The van der Waals surface area contributed by atoms with Crippen LogP contribution in [0.1, 0.15) is 30.7 Å². The molecule has 0 aliphatic carbocycles. The number of nitrogens with one attached hydrogen (secondary N) is 2. The Kier molecular flexibility index (Phi) is 8.05. The number of ether oxygens (including phenoxy) is 2. The van der Waals surface area contributed by atoms with Crippen molar-refractivity contribution in [2.45, 2.75) is 25.9 Å². The molecule has 0 atom stereocenters. The van der Waals surface area contributed by atoms with Crippen LogP contribution in [0.3, 0.4) is 0 Å². The zero-order chi connectivity index (χ0) is 24.2. The van der Waals surface area contributed by atoms with Crippen molar-refractivity contribution < 1.29 is 17.9 Å². The molecule has 2 aromatic carbocycles. The van der Waals surface area contributed by atoms with Gasteiger partial charge in [-0.2, -0.15) is 5.10 Å². The van der Waals surface area contributed by atoms with E-state index in [4.69, 9.17) is 44.3 Å². The van der Waals surface area contributed by atoms with Gasteiger partial charge in [-0.05, 0) is 35.4 Å². The molecule has 0 unspecified atom stereocenters. The number of hydrogen-bond donors (Lipinski definition) is 2. The van der Waals surface area contributed by atoms with Gasteiger partial charge in [-0.25, -0.2) is 8.42 Å². The summed E-state index contributed by atoms with van der Waals surface area (Å²) in [5, 5.41) is 7.52. The summed E-state index contributed by atoms with van der Waals surface area (Å²) in [5.41, 5.74) is 2.35. The van der Waals surface area contributed by atoms with Crippen molar-refractivity contribution in [2.24, 2.45) is 0 Å². The molecule has 0 aliphatic heterocycles. The molecule has 2 N–H and O–H groups in total. The van der Waals surface area contributed by atoms with Gasteiger partial charge in [0.25, 0.3) is 0 Å². The van der Waals surface area contributed by atoms with E-state index in [1.807, 2.05) is 36.4 Å². The Bertz CT molecular complexity index is 1190. The Morgan fingerprint density at radius 2 is 1.70 bits per heavy atom. The van der Waals surface area contributed by atoms with Crippen molar-refractivity contribution in [1.29, 1.82) is 0 Å². The average Bonchev–Trinajstić information content (AvgIpc) is 3.17. The maximum absolute atomic E-state index is 11.5. The van der Waals surface area contributed by atoms with Crippen molar-refractivity contribution in [3.8, 4) is 11.5 Å². The van der Waals surface area contributed by atoms with E-state index >= 15 is 0 Å². The van der Waals surface area contributed by atoms with Gasteiger partial charge in [0.15, 0.2) is 5.75 Å². The van der Waals surface area contributed by atoms with Crippen LogP contribution in [-0.2, 0) is 22.0 Å². The summed E-state index contributed by atoms with van der Waals surface area (Å²) in [5.74, 6) is 1.37. The molecular weight excluding hydrogens is 509 g/mol. The lowest BCUT2D eigenvalue weighted by molar-refractivity contribution is 0.301. The molecule has 0 amide bonds. The van der Waals surface area contributed by atoms with Crippen LogP contribution in [0, 0.1) is 0 Å². The third kappa shape index (κ3) is 6.47. The van der Waals surface area contributed by atoms with Crippen molar-refractivity contribution in [3.05, 3.63) is 69.5 Å². The van der Waals surface area contributed by atoms with E-state index in [2.05, 4.69) is 28.8 Å². The van der Waals surface area contributed by atoms with Crippen LogP contribution in [0.25, 0.3) is 0 Å². The van der Waals surface area contributed by atoms with Crippen molar-refractivity contribution in [2.75, 3.05) is 23.5 Å². The topological polar surface area (TPSA) is 93.3 Å². The zero-order valence-electron chi connectivity index (χ0n) is 18.3. The first-order chi connectivity index (χ1) is 15.5. The van der Waals surface area contributed by atoms with Crippen LogP contribution in [0.4, 0.5) is 5.69 Å². The zero-order valence-corrected chi connectivity index (χ0v) is 21.4. The highest BCUT2D eigenvalue weighted by Crippen LogP contribution is 2.40. The molecular formula is C22H24Cl3N3O4S. The van der Waals surface area contributed by atoms with Crippen molar-refractivity contribution >= 4 is 50.5 Å². The van der Waals surface area contributed by atoms with Crippen LogP contribution >= 0.6 is 34.8 Å². The summed E-state index contributed by atoms with van der Waals surface area (Å²) in [6, 6.07) is 11.3. The highest BCUT2D eigenvalue weighted by molar-refractivity contribution is 7.92. The quantitative estimate of drug-likeness (QED) is 0.331. The molecule has 0 aliphatic rings. The molecule has 33 heavy (non-hydrogen) atoms. The maximum Gasteiger partial charge on any atom is 0.229 e. The fourth-order valence-electron chi connectivity index (χ4n) is 3.20. The van der Waals surface area contributed by atoms with E-state index in [9.17, 15) is 8.42 Å². The summed E-state index contributed by atoms with van der Waals surface area (Å²) in [6.45, 7) is 4.54. The standard InChI is InChI=1S/C22H24Cl3N3O4S/c1-22(2,15-10-17(24)21(18(25)11-15)31-9-8-23)14-4-6-16(7-5-14)32-13-20-19(12-26-27-20)28-33(3,29)30/h4-7,10-12,28H,8-9,13H2,1-3H3,(H,26,27). The monoisotopic (exact) mass is 531 g/mol. The number of nitrogens with zero attached hydrogens (tertiary/aromatic N) is 1. The molecule has 11 heteroatoms. The van der Waals surface area contributed by atoms with E-state index in [-0.39, 0.29) is 6.61 Å². The molecule has 0 bridgehead atoms. The predicted octanol–water partition coefficient (Wildman–Crippen LogP) is 5.61. The molecule has 1 aromatic heterocycles. The van der Waals surface area contributed by atoms with Crippen molar-refractivity contribution in [1.82, 2.24) is 10.2 Å². The largest absolute Gasteiger partial charge is 0.489 e. The smallest absolute Gasteiger partial charge is 0.229 e. The molecule has 3 rings (SSSR count). The minimum atomic E-state index is -3.41. The van der Waals surface area contributed by atoms with Gasteiger partial charge in [0, 0.05) is 11.6 Å². The molecule has 0 saturated carbocycles. The molecule has 0 saturated heterocycles. The number of halogens is 3. The summed E-state index contributed by atoms with van der Waals surface area (Å²) in [4.78, 5) is 0. The van der Waals surface area contributed by atoms with Crippen LogP contribution < -0.4 is 14.2 Å². The first-order valence-corrected chi connectivity index (χ1v) is 13.1. The van der Waals surface area contributed by atoms with Gasteiger partial charge in [0.2, 0.25) is 10.0 Å². The summed E-state index contributed by atoms with van der Waals surface area (Å²) >= 11 is 18.5. The van der Waals surface area contributed by atoms with E-state index in [0.29, 0.717) is 45.4 Å². The third-order valence-corrected chi connectivity index (χ3v) is 6.32. The number of alkyl halides is 1. The number of sulfonamides is 1. The minimum Gasteiger partial charge on any atom is -0.489 e. The number of H-pyrrole nitrogens is 1. The fraction of sp³-hybridized carbons (Fsp3) is 0.318. The molecule has 0 spiro atoms. The molecule has 0 fully saturated rings. The summed E-state index contributed by atoms with van der Waals surface area (Å²) in [7, 11) is -3.41. The first-order valence-electron chi connectivity index (χ1n) is 9.93. The Labute approximate surface area is 208 Å². The second kappa shape index (κ2) is 10.4. The predicted molar refractivity (Wildman–Crippen MR) is 133 cm³/mol. The first kappa shape index (κ1) is 25.5. The van der Waals surface area contributed by atoms with Gasteiger partial charge < -0.3 is 9.47 Å². The van der Waals surface area contributed by atoms with Crippen LogP contribution in [-0.4, -0.2) is 37.4 Å². The highest BCUT2D eigenvalue weighted by Gasteiger charge is 2.25. The van der Waals surface area contributed by atoms with Gasteiger partial charge in [0.1, 0.15) is 24.7 Å². The molecule has 0 radical (unpaired) electrons. The number of aromatic nitrogens is 2. The van der Waals surface area contributed by atoms with E-state index in [1.165, 1.54) is 6.20 Å². The second-order valence-electron chi connectivity index (χ2n) is 7.86. The molecule has 178 valence electrons. The number of hydrogen-bond acceptors (Lipinski definition) is 5. The van der Waals surface area contributed by atoms with Gasteiger partial charge >= 0.3 is 0 Å². The van der Waals surface area contributed by atoms with Crippen LogP contribution in [0.5, 0.6) is 11.5 Å². The highest BCUT2D eigenvalue weighted by atomic mass is 35.5. The van der Waals surface area contributed by atoms with Crippen LogP contribution in [0.2, 0.25) is 10.0 Å². The van der Waals surface area contributed by atoms with E-state index in [0.717, 1.165) is 17.4 Å². The number of benzene rings is 2. The van der Waals surface area contributed by atoms with Gasteiger partial charge in [-0.1, -0.05) is 49.2 Å². The summed E-state index contributed by atoms with van der Waals surface area (Å²) in [6.07, 6.45) is 2.54. The third-order valence-electron chi connectivity index (χ3n) is 5.01. The lowest BCUT2D eigenvalue weighted by atomic mass is 9.78. The lowest BCUT2D eigenvalue weighted by Crippen LogP contribution is -2.19. The Balaban J connectivity index is 1.74.